The second-order valence-electron chi connectivity index (χ2n) is 8.12. The first kappa shape index (κ1) is 23.0. The van der Waals surface area contributed by atoms with E-state index in [2.05, 4.69) is 107 Å². The maximum Gasteiger partial charge on any atom is 0.0671 e. The summed E-state index contributed by atoms with van der Waals surface area (Å²) in [6, 6.07) is 41.7. The third kappa shape index (κ3) is 7.75. The van der Waals surface area contributed by atoms with E-state index in [0.717, 1.165) is 26.2 Å². The van der Waals surface area contributed by atoms with E-state index in [0.29, 0.717) is 0 Å². The zero-order valence-electron chi connectivity index (χ0n) is 19.3. The molecule has 0 aromatic heterocycles. The van der Waals surface area contributed by atoms with Gasteiger partial charge in [-0.3, -0.25) is 10.0 Å². The molecule has 0 fully saturated rings. The van der Waals surface area contributed by atoms with Crippen molar-refractivity contribution in [1.29, 1.82) is 0 Å². The molecule has 0 amide bonds. The van der Waals surface area contributed by atoms with Gasteiger partial charge in [0.15, 0.2) is 0 Å². The quantitative estimate of drug-likeness (QED) is 0.198. The Balaban J connectivity index is 1.46. The van der Waals surface area contributed by atoms with Crippen LogP contribution in [-0.2, 0) is 26.2 Å². The zero-order chi connectivity index (χ0) is 23.3. The monoisotopic (exact) mass is 446 g/mol. The maximum absolute atomic E-state index is 4.73. The molecule has 0 saturated heterocycles. The number of hydrazone groups is 2. The van der Waals surface area contributed by atoms with Crippen molar-refractivity contribution >= 4 is 12.4 Å². The summed E-state index contributed by atoms with van der Waals surface area (Å²) in [7, 11) is 0. The third-order valence-corrected chi connectivity index (χ3v) is 5.36. The van der Waals surface area contributed by atoms with Crippen molar-refractivity contribution < 1.29 is 0 Å². The lowest BCUT2D eigenvalue weighted by Crippen LogP contribution is -2.18. The van der Waals surface area contributed by atoms with Gasteiger partial charge in [0.25, 0.3) is 0 Å². The Kier molecular flexibility index (Phi) is 8.63. The van der Waals surface area contributed by atoms with Crippen LogP contribution in [0.1, 0.15) is 22.3 Å². The van der Waals surface area contributed by atoms with Crippen molar-refractivity contribution in [2.24, 2.45) is 10.2 Å². The van der Waals surface area contributed by atoms with Crippen LogP contribution < -0.4 is 0 Å². The van der Waals surface area contributed by atoms with E-state index in [1.54, 1.807) is 12.4 Å². The highest BCUT2D eigenvalue weighted by atomic mass is 15.5. The molecule has 0 N–H and O–H groups in total. The average molecular weight is 447 g/mol. The Hall–Kier alpha value is -4.18. The van der Waals surface area contributed by atoms with Crippen molar-refractivity contribution in [2.45, 2.75) is 26.2 Å². The SMILES string of the molecule is C(C=NN(Cc1ccccc1)Cc1ccccc1)=NN(Cc1ccccc1)Cc1ccccc1. The molecular weight excluding hydrogens is 416 g/mol. The molecule has 0 saturated carbocycles. The standard InChI is InChI=1S/C30H30N4/c1-5-13-27(14-6-1)23-33(24-28-15-7-2-8-16-28)31-21-22-32-34(25-29-17-9-3-10-18-29)26-30-19-11-4-12-20-30/h1-22H,23-26H2. The Morgan fingerprint density at radius 3 is 0.853 bits per heavy atom. The minimum Gasteiger partial charge on any atom is -0.288 e. The highest BCUT2D eigenvalue weighted by Crippen LogP contribution is 2.11. The number of nitrogens with zero attached hydrogens (tertiary/aromatic N) is 4. The normalized spacial score (nSPS) is 11.2. The molecular formula is C30H30N4. The first-order valence-corrected chi connectivity index (χ1v) is 11.6. The maximum atomic E-state index is 4.73. The van der Waals surface area contributed by atoms with Crippen molar-refractivity contribution in [3.8, 4) is 0 Å². The Bertz CT molecular complexity index is 966. The van der Waals surface area contributed by atoms with Crippen LogP contribution in [0.3, 0.4) is 0 Å². The van der Waals surface area contributed by atoms with Gasteiger partial charge in [0.2, 0.25) is 0 Å². The Morgan fingerprint density at radius 2 is 0.618 bits per heavy atom. The minimum atomic E-state index is 0.734. The minimum absolute atomic E-state index is 0.734. The summed E-state index contributed by atoms with van der Waals surface area (Å²) < 4.78 is 0. The highest BCUT2D eigenvalue weighted by molar-refractivity contribution is 6.15. The van der Waals surface area contributed by atoms with E-state index in [-0.39, 0.29) is 0 Å². The predicted octanol–water partition coefficient (Wildman–Crippen LogP) is 6.36. The molecule has 170 valence electrons. The number of hydrogen-bond donors (Lipinski definition) is 0. The molecule has 0 aliphatic heterocycles. The zero-order valence-corrected chi connectivity index (χ0v) is 19.3. The fourth-order valence-electron chi connectivity index (χ4n) is 3.70. The summed E-state index contributed by atoms with van der Waals surface area (Å²) in [5.41, 5.74) is 4.90. The highest BCUT2D eigenvalue weighted by Gasteiger charge is 2.05. The van der Waals surface area contributed by atoms with Gasteiger partial charge in [-0.25, -0.2) is 0 Å². The first-order chi connectivity index (χ1) is 16.8. The predicted molar refractivity (Wildman–Crippen MR) is 141 cm³/mol. The van der Waals surface area contributed by atoms with E-state index < -0.39 is 0 Å². The van der Waals surface area contributed by atoms with Crippen LogP contribution in [0.15, 0.2) is 132 Å². The molecule has 4 rings (SSSR count). The van der Waals surface area contributed by atoms with E-state index in [4.69, 9.17) is 10.2 Å². The molecule has 4 nitrogen and oxygen atoms in total. The molecule has 4 aromatic carbocycles. The van der Waals surface area contributed by atoms with Crippen LogP contribution in [-0.4, -0.2) is 22.4 Å². The summed E-state index contributed by atoms with van der Waals surface area (Å²) in [5.74, 6) is 0. The summed E-state index contributed by atoms with van der Waals surface area (Å²) in [5, 5.41) is 13.6. The van der Waals surface area contributed by atoms with Gasteiger partial charge in [-0.1, -0.05) is 121 Å². The molecule has 0 radical (unpaired) electrons. The second kappa shape index (κ2) is 12.8. The fourth-order valence-corrected chi connectivity index (χ4v) is 3.70. The van der Waals surface area contributed by atoms with Crippen LogP contribution in [0.5, 0.6) is 0 Å². The van der Waals surface area contributed by atoms with Gasteiger partial charge in [0.05, 0.1) is 38.6 Å². The Labute approximate surface area is 202 Å². The summed E-state index contributed by atoms with van der Waals surface area (Å²) in [4.78, 5) is 0. The van der Waals surface area contributed by atoms with E-state index in [1.807, 2.05) is 24.3 Å². The first-order valence-electron chi connectivity index (χ1n) is 11.6. The van der Waals surface area contributed by atoms with Crippen LogP contribution >= 0.6 is 0 Å². The van der Waals surface area contributed by atoms with Crippen molar-refractivity contribution in [3.63, 3.8) is 0 Å². The smallest absolute Gasteiger partial charge is 0.0671 e. The molecule has 0 aliphatic rings. The summed E-state index contributed by atoms with van der Waals surface area (Å²) in [6.45, 7) is 2.94. The fraction of sp³-hybridized carbons (Fsp3) is 0.133. The molecule has 0 bridgehead atoms. The van der Waals surface area contributed by atoms with Crippen LogP contribution in [0.2, 0.25) is 0 Å². The van der Waals surface area contributed by atoms with E-state index >= 15 is 0 Å². The van der Waals surface area contributed by atoms with Crippen LogP contribution in [0.4, 0.5) is 0 Å². The van der Waals surface area contributed by atoms with Gasteiger partial charge < -0.3 is 0 Å². The lowest BCUT2D eigenvalue weighted by molar-refractivity contribution is 0.270. The van der Waals surface area contributed by atoms with E-state index in [1.165, 1.54) is 22.3 Å². The molecule has 34 heavy (non-hydrogen) atoms. The molecule has 0 unspecified atom stereocenters. The van der Waals surface area contributed by atoms with E-state index in [9.17, 15) is 0 Å². The second-order valence-corrected chi connectivity index (χ2v) is 8.12. The van der Waals surface area contributed by atoms with Gasteiger partial charge in [-0.2, -0.15) is 10.2 Å². The summed E-state index contributed by atoms with van der Waals surface area (Å²) in [6.07, 6.45) is 3.57. The number of benzene rings is 4. The van der Waals surface area contributed by atoms with Gasteiger partial charge in [-0.05, 0) is 22.3 Å². The van der Waals surface area contributed by atoms with Crippen molar-refractivity contribution in [3.05, 3.63) is 144 Å². The molecule has 0 spiro atoms. The van der Waals surface area contributed by atoms with Gasteiger partial charge in [-0.15, -0.1) is 0 Å². The number of rotatable bonds is 11. The van der Waals surface area contributed by atoms with Gasteiger partial charge in [0, 0.05) is 0 Å². The number of hydrogen-bond acceptors (Lipinski definition) is 4. The van der Waals surface area contributed by atoms with Crippen LogP contribution in [0, 0.1) is 0 Å². The molecule has 4 aromatic rings. The molecule has 0 aliphatic carbocycles. The van der Waals surface area contributed by atoms with Gasteiger partial charge in [0.1, 0.15) is 0 Å². The lowest BCUT2D eigenvalue weighted by Gasteiger charge is -2.20. The molecule has 0 atom stereocenters. The average Bonchev–Trinajstić information content (AvgIpc) is 2.89. The third-order valence-electron chi connectivity index (χ3n) is 5.36. The summed E-state index contributed by atoms with van der Waals surface area (Å²) >= 11 is 0. The largest absolute Gasteiger partial charge is 0.288 e. The van der Waals surface area contributed by atoms with Gasteiger partial charge >= 0.3 is 0 Å². The molecule has 4 heteroatoms. The Morgan fingerprint density at radius 1 is 0.382 bits per heavy atom. The van der Waals surface area contributed by atoms with Crippen LogP contribution in [0.25, 0.3) is 0 Å². The topological polar surface area (TPSA) is 31.2 Å². The van der Waals surface area contributed by atoms with Crippen molar-refractivity contribution in [1.82, 2.24) is 10.0 Å². The molecule has 0 heterocycles. The lowest BCUT2D eigenvalue weighted by atomic mass is 10.2. The van der Waals surface area contributed by atoms with Crippen molar-refractivity contribution in [2.75, 3.05) is 0 Å².